The van der Waals surface area contributed by atoms with E-state index < -0.39 is 6.04 Å². The van der Waals surface area contributed by atoms with Crippen LogP contribution in [0.5, 0.6) is 0 Å². The second kappa shape index (κ2) is 8.54. The van der Waals surface area contributed by atoms with Crippen LogP contribution in [0.3, 0.4) is 0 Å². The zero-order chi connectivity index (χ0) is 22.9. The molecule has 8 nitrogen and oxygen atoms in total. The summed E-state index contributed by atoms with van der Waals surface area (Å²) in [6.45, 7) is 0. The number of aromatic amines is 1. The van der Waals surface area contributed by atoms with E-state index in [-0.39, 0.29) is 17.6 Å². The highest BCUT2D eigenvalue weighted by molar-refractivity contribution is 6.07. The third-order valence-electron chi connectivity index (χ3n) is 6.33. The predicted molar refractivity (Wildman–Crippen MR) is 125 cm³/mol. The molecular weight excluding hydrogens is 418 g/mol. The van der Waals surface area contributed by atoms with Crippen molar-refractivity contribution < 1.29 is 14.4 Å². The highest BCUT2D eigenvalue weighted by Crippen LogP contribution is 2.39. The van der Waals surface area contributed by atoms with Crippen LogP contribution in [0.2, 0.25) is 0 Å². The molecule has 2 aromatic heterocycles. The number of H-pyrrole nitrogens is 1. The Morgan fingerprint density at radius 2 is 1.94 bits per heavy atom. The monoisotopic (exact) mass is 443 g/mol. The minimum Gasteiger partial charge on any atom is -0.356 e. The number of para-hydroxylation sites is 1. The largest absolute Gasteiger partial charge is 0.356 e. The van der Waals surface area contributed by atoms with Gasteiger partial charge in [-0.25, -0.2) is 4.98 Å². The number of fused-ring (bicyclic) bond motifs is 1. The maximum Gasteiger partial charge on any atom is 0.248 e. The highest BCUT2D eigenvalue weighted by atomic mass is 16.2. The molecule has 5 rings (SSSR count). The summed E-state index contributed by atoms with van der Waals surface area (Å²) in [5.74, 6) is 0.232. The van der Waals surface area contributed by atoms with Gasteiger partial charge in [0.2, 0.25) is 11.8 Å². The number of likely N-dealkylation sites (N-methyl/N-ethyl adjacent to an activating group) is 1. The average molecular weight is 444 g/mol. The Bertz CT molecular complexity index is 1230. The van der Waals surface area contributed by atoms with E-state index in [0.29, 0.717) is 30.6 Å². The second-order valence-electron chi connectivity index (χ2n) is 8.47. The van der Waals surface area contributed by atoms with Crippen molar-refractivity contribution in [3.63, 3.8) is 0 Å². The zero-order valence-corrected chi connectivity index (χ0v) is 18.4. The number of hydrogen-bond acceptors (Lipinski definition) is 5. The number of pyridine rings is 1. The van der Waals surface area contributed by atoms with Gasteiger partial charge in [0.25, 0.3) is 0 Å². The van der Waals surface area contributed by atoms with Gasteiger partial charge in [0.1, 0.15) is 11.9 Å². The topological polar surface area (TPSA) is 107 Å². The molecule has 2 amide bonds. The quantitative estimate of drug-likeness (QED) is 0.554. The van der Waals surface area contributed by atoms with E-state index in [2.05, 4.69) is 20.6 Å². The first-order valence-corrected chi connectivity index (χ1v) is 11.1. The number of aromatic nitrogens is 2. The van der Waals surface area contributed by atoms with Crippen molar-refractivity contribution >= 4 is 34.8 Å². The van der Waals surface area contributed by atoms with E-state index >= 15 is 0 Å². The van der Waals surface area contributed by atoms with Crippen LogP contribution in [0, 0.1) is 0 Å². The second-order valence-corrected chi connectivity index (χ2v) is 8.47. The number of nitrogens with zero attached hydrogens (tertiary/aromatic N) is 2. The lowest BCUT2D eigenvalue weighted by Gasteiger charge is -2.19. The van der Waals surface area contributed by atoms with E-state index in [1.54, 1.807) is 19.3 Å². The van der Waals surface area contributed by atoms with Crippen LogP contribution < -0.4 is 10.6 Å². The number of likely N-dealkylation sites (tertiary alicyclic amines) is 1. The van der Waals surface area contributed by atoms with Crippen molar-refractivity contribution in [2.24, 2.45) is 0 Å². The van der Waals surface area contributed by atoms with E-state index in [1.807, 2.05) is 36.4 Å². The molecule has 3 heterocycles. The summed E-state index contributed by atoms with van der Waals surface area (Å²) in [6, 6.07) is 12.9. The van der Waals surface area contributed by atoms with Crippen molar-refractivity contribution in [3.8, 4) is 11.3 Å². The maximum absolute atomic E-state index is 12.8. The molecule has 1 fully saturated rings. The van der Waals surface area contributed by atoms with E-state index in [9.17, 15) is 14.4 Å². The molecule has 1 aromatic carbocycles. The highest BCUT2D eigenvalue weighted by Gasteiger charge is 2.33. The Morgan fingerprint density at radius 1 is 1.12 bits per heavy atom. The van der Waals surface area contributed by atoms with E-state index in [0.717, 1.165) is 41.2 Å². The van der Waals surface area contributed by atoms with Gasteiger partial charge < -0.3 is 20.5 Å². The molecule has 0 bridgehead atoms. The fourth-order valence-corrected chi connectivity index (χ4v) is 4.58. The number of aryl methyl sites for hydroxylation is 1. The number of carbonyl (C=O) groups is 3. The molecule has 1 atom stereocenters. The lowest BCUT2D eigenvalue weighted by Crippen LogP contribution is -2.39. The number of amides is 2. The normalized spacial score (nSPS) is 17.7. The molecule has 3 N–H and O–H groups in total. The fraction of sp³-hybridized carbons (Fsp3) is 0.280. The number of anilines is 3. The summed E-state index contributed by atoms with van der Waals surface area (Å²) in [7, 11) is 1.64. The van der Waals surface area contributed by atoms with Crippen LogP contribution in [0.15, 0.2) is 48.7 Å². The van der Waals surface area contributed by atoms with E-state index in [4.69, 9.17) is 0 Å². The molecule has 1 aliphatic carbocycles. The van der Waals surface area contributed by atoms with Crippen LogP contribution in [0.4, 0.5) is 17.2 Å². The summed E-state index contributed by atoms with van der Waals surface area (Å²) < 4.78 is 0. The van der Waals surface area contributed by atoms with Crippen LogP contribution in [0.25, 0.3) is 11.3 Å². The minimum atomic E-state index is -0.492. The van der Waals surface area contributed by atoms with Crippen LogP contribution >= 0.6 is 0 Å². The van der Waals surface area contributed by atoms with Crippen LogP contribution in [0.1, 0.15) is 41.7 Å². The number of Topliss-reactive ketones (excluding diaryl/α,β-unsaturated/α-hetero) is 1. The SMILES string of the molecule is CN1C(=O)CC[C@H]1C(=O)Nc1cc(-c2[nH]c3c(c2Nc2ccccc2)C(=O)CCC3)ccn1. The number of benzene rings is 1. The third-order valence-corrected chi connectivity index (χ3v) is 6.33. The molecule has 0 radical (unpaired) electrons. The Hall–Kier alpha value is -3.94. The minimum absolute atomic E-state index is 0.0323. The molecule has 0 spiro atoms. The van der Waals surface area contributed by atoms with Gasteiger partial charge in [0.15, 0.2) is 5.78 Å². The van der Waals surface area contributed by atoms with Gasteiger partial charge in [0, 0.05) is 43.0 Å². The van der Waals surface area contributed by atoms with Crippen molar-refractivity contribution in [3.05, 3.63) is 59.9 Å². The Balaban J connectivity index is 1.49. The van der Waals surface area contributed by atoms with Crippen molar-refractivity contribution in [1.82, 2.24) is 14.9 Å². The molecule has 1 aliphatic heterocycles. The Morgan fingerprint density at radius 3 is 2.70 bits per heavy atom. The zero-order valence-electron chi connectivity index (χ0n) is 18.4. The fourth-order valence-electron chi connectivity index (χ4n) is 4.58. The lowest BCUT2D eigenvalue weighted by atomic mass is 9.95. The number of carbonyl (C=O) groups excluding carboxylic acids is 3. The van der Waals surface area contributed by atoms with Crippen molar-refractivity contribution in [1.29, 1.82) is 0 Å². The lowest BCUT2D eigenvalue weighted by molar-refractivity contribution is -0.131. The average Bonchev–Trinajstić information content (AvgIpc) is 3.35. The smallest absolute Gasteiger partial charge is 0.248 e. The maximum atomic E-state index is 12.8. The summed E-state index contributed by atoms with van der Waals surface area (Å²) in [6.07, 6.45) is 4.65. The molecule has 3 aromatic rings. The first kappa shape index (κ1) is 20.9. The van der Waals surface area contributed by atoms with Gasteiger partial charge in [0.05, 0.1) is 16.9 Å². The number of hydrogen-bond donors (Lipinski definition) is 3. The molecule has 8 heteroatoms. The predicted octanol–water partition coefficient (Wildman–Crippen LogP) is 3.90. The van der Waals surface area contributed by atoms with Gasteiger partial charge in [-0.2, -0.15) is 0 Å². The molecule has 168 valence electrons. The van der Waals surface area contributed by atoms with Gasteiger partial charge in [-0.3, -0.25) is 14.4 Å². The van der Waals surface area contributed by atoms with Crippen molar-refractivity contribution in [2.75, 3.05) is 17.7 Å². The van der Waals surface area contributed by atoms with Gasteiger partial charge in [-0.1, -0.05) is 18.2 Å². The summed E-state index contributed by atoms with van der Waals surface area (Å²) in [4.78, 5) is 46.5. The van der Waals surface area contributed by atoms with E-state index in [1.165, 1.54) is 4.90 Å². The number of ketones is 1. The number of nitrogens with one attached hydrogen (secondary N) is 3. The summed E-state index contributed by atoms with van der Waals surface area (Å²) in [5, 5.41) is 6.26. The van der Waals surface area contributed by atoms with Gasteiger partial charge in [-0.15, -0.1) is 0 Å². The molecule has 1 saturated heterocycles. The Kier molecular flexibility index (Phi) is 5.42. The molecular formula is C25H25N5O3. The van der Waals surface area contributed by atoms with Crippen molar-refractivity contribution in [2.45, 2.75) is 38.1 Å². The molecule has 33 heavy (non-hydrogen) atoms. The first-order valence-electron chi connectivity index (χ1n) is 11.1. The van der Waals surface area contributed by atoms with Gasteiger partial charge >= 0.3 is 0 Å². The third kappa shape index (κ3) is 4.00. The van der Waals surface area contributed by atoms with Crippen LogP contribution in [-0.2, 0) is 16.0 Å². The summed E-state index contributed by atoms with van der Waals surface area (Å²) in [5.41, 5.74) is 4.84. The Labute approximate surface area is 191 Å². The number of rotatable bonds is 5. The first-order chi connectivity index (χ1) is 16.0. The standard InChI is InChI=1S/C25H25N5O3/c1-30-18(10-11-21(30)32)25(33)29-20-14-15(12-13-26-20)23-24(27-16-6-3-2-4-7-16)22-17(28-23)8-5-9-19(22)31/h2-4,6-7,12-14,18,27-28H,5,8-11H2,1H3,(H,26,29,33)/t18-/m0/s1. The molecule has 2 aliphatic rings. The van der Waals surface area contributed by atoms with Crippen LogP contribution in [-0.4, -0.2) is 45.6 Å². The van der Waals surface area contributed by atoms with Gasteiger partial charge in [-0.05, 0) is 43.5 Å². The molecule has 0 unspecified atom stereocenters. The molecule has 0 saturated carbocycles. The summed E-state index contributed by atoms with van der Waals surface area (Å²) >= 11 is 0.